The third kappa shape index (κ3) is 6.15. The van der Waals surface area contributed by atoms with Gasteiger partial charge in [0, 0.05) is 48.3 Å². The Labute approximate surface area is 236 Å². The van der Waals surface area contributed by atoms with Gasteiger partial charge in [0.05, 0.1) is 33.9 Å². The molecule has 1 heterocycles. The normalized spacial score (nSPS) is 17.9. The van der Waals surface area contributed by atoms with Crippen molar-refractivity contribution in [2.24, 2.45) is 0 Å². The van der Waals surface area contributed by atoms with Gasteiger partial charge in [0.25, 0.3) is 15.8 Å². The molecule has 2 aliphatic rings. The number of hydrogen-bond donors (Lipinski definition) is 0. The Morgan fingerprint density at radius 2 is 1.68 bits per heavy atom. The maximum atomic E-state index is 12.4. The summed E-state index contributed by atoms with van der Waals surface area (Å²) < 4.78 is 41.5. The SMILES string of the molecule is CC(=O)N1c2ccc(O[C@H]3C[C@H](OCCCOS(=O)(=O)c4ccc(C)cc4)C3)cc2Sc2cc([N+](=O)[O-])ccc21. The molecule has 1 amide bonds. The molecule has 1 saturated carbocycles. The van der Waals surface area contributed by atoms with Gasteiger partial charge in [-0.25, -0.2) is 0 Å². The van der Waals surface area contributed by atoms with Gasteiger partial charge in [-0.2, -0.15) is 8.42 Å². The summed E-state index contributed by atoms with van der Waals surface area (Å²) in [7, 11) is -3.78. The molecule has 10 nitrogen and oxygen atoms in total. The van der Waals surface area contributed by atoms with E-state index in [0.29, 0.717) is 47.9 Å². The molecule has 0 aromatic heterocycles. The van der Waals surface area contributed by atoms with Gasteiger partial charge in [-0.3, -0.25) is 24.0 Å². The van der Waals surface area contributed by atoms with Crippen molar-refractivity contribution in [2.75, 3.05) is 18.1 Å². The predicted molar refractivity (Wildman–Crippen MR) is 149 cm³/mol. The molecule has 40 heavy (non-hydrogen) atoms. The summed E-state index contributed by atoms with van der Waals surface area (Å²) in [5.74, 6) is 0.448. The Hall–Kier alpha value is -3.45. The number of nitro groups is 1. The van der Waals surface area contributed by atoms with E-state index in [9.17, 15) is 23.3 Å². The monoisotopic (exact) mass is 584 g/mol. The van der Waals surface area contributed by atoms with Crippen molar-refractivity contribution in [2.45, 2.75) is 60.0 Å². The van der Waals surface area contributed by atoms with Crippen molar-refractivity contribution in [3.05, 3.63) is 76.3 Å². The van der Waals surface area contributed by atoms with E-state index in [0.717, 1.165) is 10.5 Å². The molecule has 0 atom stereocenters. The highest BCUT2D eigenvalue weighted by Crippen LogP contribution is 2.50. The summed E-state index contributed by atoms with van der Waals surface area (Å²) in [6.07, 6.45) is 1.82. The van der Waals surface area contributed by atoms with E-state index in [1.54, 1.807) is 23.1 Å². The molecule has 3 aromatic rings. The van der Waals surface area contributed by atoms with Gasteiger partial charge in [-0.1, -0.05) is 29.5 Å². The van der Waals surface area contributed by atoms with Crippen molar-refractivity contribution in [3.63, 3.8) is 0 Å². The van der Waals surface area contributed by atoms with Crippen LogP contribution in [0.15, 0.2) is 75.4 Å². The zero-order valence-electron chi connectivity index (χ0n) is 21.9. The standard InChI is InChI=1S/C28H28N2O8S2/c1-18-4-8-24(9-5-18)40(34,35)37-13-3-12-36-22-15-23(16-22)38-21-7-11-26-28(17-21)39-27-14-20(30(32)33)6-10-25(27)29(26)19(2)31/h4-11,14,17,22-23H,3,12-13,15-16H2,1-2H3/t22-,23-. The number of carbonyl (C=O) groups excluding carboxylic acids is 1. The number of nitrogens with zero attached hydrogens (tertiary/aromatic N) is 2. The Balaban J connectivity index is 1.10. The first kappa shape index (κ1) is 28.1. The van der Waals surface area contributed by atoms with E-state index in [4.69, 9.17) is 13.7 Å². The first-order chi connectivity index (χ1) is 19.1. The van der Waals surface area contributed by atoms with Gasteiger partial charge in [0.15, 0.2) is 0 Å². The van der Waals surface area contributed by atoms with Crippen molar-refractivity contribution >= 4 is 44.8 Å². The number of ether oxygens (including phenoxy) is 2. The van der Waals surface area contributed by atoms with E-state index < -0.39 is 15.0 Å². The molecule has 1 fully saturated rings. The smallest absolute Gasteiger partial charge is 0.296 e. The number of aryl methyl sites for hydroxylation is 1. The number of fused-ring (bicyclic) bond motifs is 2. The summed E-state index contributed by atoms with van der Waals surface area (Å²) >= 11 is 1.36. The molecule has 0 saturated heterocycles. The van der Waals surface area contributed by atoms with Crippen LogP contribution >= 0.6 is 11.8 Å². The third-order valence-corrected chi connectivity index (χ3v) is 9.07. The quantitative estimate of drug-likeness (QED) is 0.126. The van der Waals surface area contributed by atoms with Gasteiger partial charge in [0.1, 0.15) is 11.9 Å². The van der Waals surface area contributed by atoms with Crippen LogP contribution in [0.25, 0.3) is 0 Å². The van der Waals surface area contributed by atoms with E-state index >= 15 is 0 Å². The number of rotatable bonds is 10. The highest BCUT2D eigenvalue weighted by atomic mass is 32.2. The molecule has 0 N–H and O–H groups in total. The zero-order chi connectivity index (χ0) is 28.4. The van der Waals surface area contributed by atoms with Gasteiger partial charge in [0.2, 0.25) is 5.91 Å². The second-order valence-electron chi connectivity index (χ2n) is 9.64. The summed E-state index contributed by atoms with van der Waals surface area (Å²) in [5.41, 5.74) is 2.25. The van der Waals surface area contributed by atoms with Crippen LogP contribution in [0.3, 0.4) is 0 Å². The highest BCUT2D eigenvalue weighted by molar-refractivity contribution is 7.99. The molecule has 0 radical (unpaired) electrons. The third-order valence-electron chi connectivity index (χ3n) is 6.65. The molecule has 12 heteroatoms. The van der Waals surface area contributed by atoms with E-state index in [2.05, 4.69) is 0 Å². The Bertz CT molecular complexity index is 1540. The van der Waals surface area contributed by atoms with Gasteiger partial charge in [-0.15, -0.1) is 0 Å². The second kappa shape index (κ2) is 11.6. The Morgan fingerprint density at radius 1 is 1.00 bits per heavy atom. The van der Waals surface area contributed by atoms with Crippen LogP contribution < -0.4 is 9.64 Å². The maximum absolute atomic E-state index is 12.4. The molecule has 1 aliphatic heterocycles. The summed E-state index contributed by atoms with van der Waals surface area (Å²) in [6, 6.07) is 16.5. The van der Waals surface area contributed by atoms with Gasteiger partial charge in [-0.05, 0) is 49.7 Å². The van der Waals surface area contributed by atoms with Crippen LogP contribution in [0.2, 0.25) is 0 Å². The highest BCUT2D eigenvalue weighted by Gasteiger charge is 2.33. The molecule has 3 aromatic carbocycles. The van der Waals surface area contributed by atoms with Gasteiger partial charge >= 0.3 is 0 Å². The molecule has 0 unspecified atom stereocenters. The molecule has 1 aliphatic carbocycles. The van der Waals surface area contributed by atoms with Crippen molar-refractivity contribution < 1.29 is 31.8 Å². The minimum atomic E-state index is -3.78. The number of anilines is 2. The number of benzene rings is 3. The van der Waals surface area contributed by atoms with Crippen molar-refractivity contribution in [3.8, 4) is 5.75 Å². The Morgan fingerprint density at radius 3 is 2.35 bits per heavy atom. The van der Waals surface area contributed by atoms with Crippen LogP contribution in [0.4, 0.5) is 17.1 Å². The zero-order valence-corrected chi connectivity index (χ0v) is 23.6. The predicted octanol–water partition coefficient (Wildman–Crippen LogP) is 5.77. The van der Waals surface area contributed by atoms with Crippen LogP contribution in [0.1, 0.15) is 31.7 Å². The minimum Gasteiger partial charge on any atom is -0.490 e. The Kier molecular flexibility index (Phi) is 8.13. The molecule has 5 rings (SSSR count). The van der Waals surface area contributed by atoms with Crippen LogP contribution in [-0.4, -0.2) is 44.7 Å². The van der Waals surface area contributed by atoms with Crippen LogP contribution in [0, 0.1) is 17.0 Å². The minimum absolute atomic E-state index is 0.0198. The number of nitro benzene ring substituents is 1. The van der Waals surface area contributed by atoms with E-state index in [1.807, 2.05) is 25.1 Å². The summed E-state index contributed by atoms with van der Waals surface area (Å²) in [5, 5.41) is 11.2. The molecular weight excluding hydrogens is 556 g/mol. The molecular formula is C28H28N2O8S2. The van der Waals surface area contributed by atoms with Crippen molar-refractivity contribution in [1.29, 1.82) is 0 Å². The molecule has 0 bridgehead atoms. The number of non-ortho nitro benzene ring substituents is 1. The number of amides is 1. The lowest BCUT2D eigenvalue weighted by Crippen LogP contribution is -2.39. The lowest BCUT2D eigenvalue weighted by molar-refractivity contribution is -0.385. The fourth-order valence-corrected chi connectivity index (χ4v) is 6.56. The van der Waals surface area contributed by atoms with Crippen molar-refractivity contribution in [1.82, 2.24) is 0 Å². The average Bonchev–Trinajstić information content (AvgIpc) is 2.89. The lowest BCUT2D eigenvalue weighted by Gasteiger charge is -2.35. The lowest BCUT2D eigenvalue weighted by atomic mass is 9.92. The largest absolute Gasteiger partial charge is 0.490 e. The molecule has 210 valence electrons. The first-order valence-electron chi connectivity index (χ1n) is 12.8. The molecule has 0 spiro atoms. The fraction of sp³-hybridized carbons (Fsp3) is 0.321. The second-order valence-corrected chi connectivity index (χ2v) is 12.3. The summed E-state index contributed by atoms with van der Waals surface area (Å²) in [6.45, 7) is 3.76. The number of carbonyl (C=O) groups is 1. The topological polar surface area (TPSA) is 125 Å². The van der Waals surface area contributed by atoms with E-state index in [-0.39, 0.29) is 35.3 Å². The van der Waals surface area contributed by atoms with E-state index in [1.165, 1.54) is 43.0 Å². The first-order valence-corrected chi connectivity index (χ1v) is 15.0. The van der Waals surface area contributed by atoms with Gasteiger partial charge < -0.3 is 9.47 Å². The number of hydrogen-bond acceptors (Lipinski definition) is 9. The average molecular weight is 585 g/mol. The summed E-state index contributed by atoms with van der Waals surface area (Å²) in [4.78, 5) is 26.3. The van der Waals surface area contributed by atoms with Crippen LogP contribution in [-0.2, 0) is 23.8 Å². The maximum Gasteiger partial charge on any atom is 0.296 e. The van der Waals surface area contributed by atoms with Crippen LogP contribution in [0.5, 0.6) is 5.75 Å². The fourth-order valence-electron chi connectivity index (χ4n) is 4.50.